The van der Waals surface area contributed by atoms with Crippen molar-refractivity contribution in [2.24, 2.45) is 11.8 Å². The van der Waals surface area contributed by atoms with Crippen LogP contribution in [0.25, 0.3) is 0 Å². The Hall–Kier alpha value is -1.51. The number of methoxy groups -OCH3 is 1. The van der Waals surface area contributed by atoms with Gasteiger partial charge in [-0.2, -0.15) is 0 Å². The van der Waals surface area contributed by atoms with Crippen LogP contribution >= 0.6 is 0 Å². The smallest absolute Gasteiger partial charge is 0.220 e. The molecule has 3 rings (SSSR count). The van der Waals surface area contributed by atoms with Gasteiger partial charge >= 0.3 is 0 Å². The second kappa shape index (κ2) is 7.37. The van der Waals surface area contributed by atoms with Crippen molar-refractivity contribution in [3.05, 3.63) is 29.3 Å². The molecule has 0 saturated heterocycles. The molecule has 1 N–H and O–H groups in total. The zero-order valence-electron chi connectivity index (χ0n) is 14.4. The number of hydrogen-bond donors (Lipinski definition) is 1. The van der Waals surface area contributed by atoms with Crippen LogP contribution in [0.15, 0.2) is 18.2 Å². The first kappa shape index (κ1) is 16.4. The molecule has 2 fully saturated rings. The monoisotopic (exact) mass is 315 g/mol. The summed E-state index contributed by atoms with van der Waals surface area (Å²) >= 11 is 0. The molecule has 0 aromatic heterocycles. The van der Waals surface area contributed by atoms with E-state index >= 15 is 0 Å². The van der Waals surface area contributed by atoms with Crippen molar-refractivity contribution in [1.82, 2.24) is 5.32 Å². The number of rotatable bonds is 7. The molecule has 0 aliphatic heterocycles. The predicted molar refractivity (Wildman–Crippen MR) is 92.8 cm³/mol. The van der Waals surface area contributed by atoms with Crippen molar-refractivity contribution in [2.75, 3.05) is 13.7 Å². The van der Waals surface area contributed by atoms with Gasteiger partial charge in [0.2, 0.25) is 5.91 Å². The van der Waals surface area contributed by atoms with Gasteiger partial charge < -0.3 is 10.1 Å². The highest BCUT2D eigenvalue weighted by Crippen LogP contribution is 2.45. The summed E-state index contributed by atoms with van der Waals surface area (Å²) < 4.78 is 5.35. The van der Waals surface area contributed by atoms with Gasteiger partial charge in [0.15, 0.2) is 0 Å². The predicted octanol–water partition coefficient (Wildman–Crippen LogP) is 4.19. The Labute approximate surface area is 139 Å². The molecular weight excluding hydrogens is 286 g/mol. The van der Waals surface area contributed by atoms with Crippen molar-refractivity contribution in [3.8, 4) is 5.75 Å². The van der Waals surface area contributed by atoms with Crippen LogP contribution in [-0.4, -0.2) is 19.6 Å². The van der Waals surface area contributed by atoms with Crippen LogP contribution in [0.5, 0.6) is 5.75 Å². The Kier molecular flexibility index (Phi) is 5.24. The molecule has 23 heavy (non-hydrogen) atoms. The number of carbonyl (C=O) groups is 1. The maximum Gasteiger partial charge on any atom is 0.220 e. The SMILES string of the molecule is COc1ccc(C(CC(=O)NCC2CCCC2)C2CC2)cc1C. The van der Waals surface area contributed by atoms with E-state index < -0.39 is 0 Å². The lowest BCUT2D eigenvalue weighted by Gasteiger charge is -2.19. The molecule has 2 saturated carbocycles. The van der Waals surface area contributed by atoms with Crippen molar-refractivity contribution >= 4 is 5.91 Å². The van der Waals surface area contributed by atoms with Crippen molar-refractivity contribution < 1.29 is 9.53 Å². The lowest BCUT2D eigenvalue weighted by molar-refractivity contribution is -0.121. The third-order valence-corrected chi connectivity index (χ3v) is 5.51. The molecule has 0 spiro atoms. The molecule has 1 amide bonds. The first-order valence-electron chi connectivity index (χ1n) is 9.08. The second-order valence-corrected chi connectivity index (χ2v) is 7.33. The minimum absolute atomic E-state index is 0.224. The average molecular weight is 315 g/mol. The van der Waals surface area contributed by atoms with Gasteiger partial charge in [-0.15, -0.1) is 0 Å². The molecule has 0 radical (unpaired) electrons. The van der Waals surface area contributed by atoms with Gasteiger partial charge in [0, 0.05) is 13.0 Å². The summed E-state index contributed by atoms with van der Waals surface area (Å²) in [6.07, 6.45) is 8.36. The Morgan fingerprint density at radius 1 is 1.26 bits per heavy atom. The van der Waals surface area contributed by atoms with Gasteiger partial charge in [0.1, 0.15) is 5.75 Å². The van der Waals surface area contributed by atoms with E-state index in [1.54, 1.807) is 7.11 Å². The molecule has 1 aromatic rings. The van der Waals surface area contributed by atoms with Crippen molar-refractivity contribution in [1.29, 1.82) is 0 Å². The Morgan fingerprint density at radius 2 is 2.00 bits per heavy atom. The van der Waals surface area contributed by atoms with Crippen molar-refractivity contribution in [2.45, 2.75) is 57.8 Å². The highest BCUT2D eigenvalue weighted by molar-refractivity contribution is 5.77. The summed E-state index contributed by atoms with van der Waals surface area (Å²) in [5.74, 6) is 2.90. The maximum atomic E-state index is 12.4. The van der Waals surface area contributed by atoms with Crippen LogP contribution in [0.2, 0.25) is 0 Å². The molecule has 1 atom stereocenters. The molecule has 0 bridgehead atoms. The fourth-order valence-corrected chi connectivity index (χ4v) is 3.93. The number of nitrogens with one attached hydrogen (secondary N) is 1. The molecule has 1 unspecified atom stereocenters. The van der Waals surface area contributed by atoms with Gasteiger partial charge in [0.05, 0.1) is 7.11 Å². The third-order valence-electron chi connectivity index (χ3n) is 5.51. The molecule has 2 aliphatic carbocycles. The third kappa shape index (κ3) is 4.27. The molecule has 1 aromatic carbocycles. The highest BCUT2D eigenvalue weighted by Gasteiger charge is 2.34. The Bertz CT molecular complexity index is 545. The minimum atomic E-state index is 0.224. The number of ether oxygens (including phenoxy) is 1. The van der Waals surface area contributed by atoms with Crippen LogP contribution in [0.3, 0.4) is 0 Å². The molecular formula is C20H29NO2. The van der Waals surface area contributed by atoms with E-state index in [1.807, 2.05) is 6.07 Å². The van der Waals surface area contributed by atoms with Crippen molar-refractivity contribution in [3.63, 3.8) is 0 Å². The second-order valence-electron chi connectivity index (χ2n) is 7.33. The number of hydrogen-bond acceptors (Lipinski definition) is 2. The topological polar surface area (TPSA) is 38.3 Å². The first-order chi connectivity index (χ1) is 11.2. The summed E-state index contributed by atoms with van der Waals surface area (Å²) in [5, 5.41) is 3.18. The molecule has 0 heterocycles. The zero-order valence-corrected chi connectivity index (χ0v) is 14.4. The summed E-state index contributed by atoms with van der Waals surface area (Å²) in [7, 11) is 1.71. The molecule has 126 valence electrons. The van der Waals surface area contributed by atoms with E-state index in [4.69, 9.17) is 4.74 Å². The number of amides is 1. The average Bonchev–Trinajstić information content (AvgIpc) is 3.25. The summed E-state index contributed by atoms with van der Waals surface area (Å²) in [4.78, 5) is 12.4. The van der Waals surface area contributed by atoms with Gasteiger partial charge in [-0.25, -0.2) is 0 Å². The van der Waals surface area contributed by atoms with E-state index in [9.17, 15) is 4.79 Å². The normalized spacial score (nSPS) is 19.6. The molecule has 3 heteroatoms. The largest absolute Gasteiger partial charge is 0.496 e. The van der Waals surface area contributed by atoms with E-state index in [0.29, 0.717) is 24.2 Å². The van der Waals surface area contributed by atoms with E-state index in [1.165, 1.54) is 44.1 Å². The number of carbonyl (C=O) groups excluding carboxylic acids is 1. The van der Waals surface area contributed by atoms with Crippen LogP contribution in [0.1, 0.15) is 62.0 Å². The first-order valence-corrected chi connectivity index (χ1v) is 9.08. The number of benzene rings is 1. The van der Waals surface area contributed by atoms with Crippen LogP contribution in [0, 0.1) is 18.8 Å². The maximum absolute atomic E-state index is 12.4. The minimum Gasteiger partial charge on any atom is -0.496 e. The van der Waals surface area contributed by atoms with E-state index in [2.05, 4.69) is 24.4 Å². The van der Waals surface area contributed by atoms with Gasteiger partial charge in [-0.1, -0.05) is 25.0 Å². The van der Waals surface area contributed by atoms with E-state index in [0.717, 1.165) is 17.9 Å². The zero-order chi connectivity index (χ0) is 16.2. The Morgan fingerprint density at radius 3 is 2.61 bits per heavy atom. The van der Waals surface area contributed by atoms with E-state index in [-0.39, 0.29) is 5.91 Å². The summed E-state index contributed by atoms with van der Waals surface area (Å²) in [5.41, 5.74) is 2.45. The fourth-order valence-electron chi connectivity index (χ4n) is 3.93. The molecule has 3 nitrogen and oxygen atoms in total. The van der Waals surface area contributed by atoms with Gasteiger partial charge in [-0.05, 0) is 67.6 Å². The summed E-state index contributed by atoms with van der Waals surface area (Å²) in [6.45, 7) is 2.95. The summed E-state index contributed by atoms with van der Waals surface area (Å²) in [6, 6.07) is 6.38. The van der Waals surface area contributed by atoms with Gasteiger partial charge in [0.25, 0.3) is 0 Å². The quantitative estimate of drug-likeness (QED) is 0.819. The van der Waals surface area contributed by atoms with Crippen LogP contribution < -0.4 is 10.1 Å². The van der Waals surface area contributed by atoms with Gasteiger partial charge in [-0.3, -0.25) is 4.79 Å². The lowest BCUT2D eigenvalue weighted by atomic mass is 9.89. The van der Waals surface area contributed by atoms with Crippen LogP contribution in [-0.2, 0) is 4.79 Å². The number of aryl methyl sites for hydroxylation is 1. The standard InChI is InChI=1S/C20H29NO2/c1-14-11-17(9-10-19(14)23-2)18(16-7-8-16)12-20(22)21-13-15-5-3-4-6-15/h9-11,15-16,18H,3-8,12-13H2,1-2H3,(H,21,22). The highest BCUT2D eigenvalue weighted by atomic mass is 16.5. The fraction of sp³-hybridized carbons (Fsp3) is 0.650. The lowest BCUT2D eigenvalue weighted by Crippen LogP contribution is -2.29. The van der Waals surface area contributed by atoms with Crippen LogP contribution in [0.4, 0.5) is 0 Å². The molecule has 2 aliphatic rings. The Balaban J connectivity index is 1.60.